The van der Waals surface area contributed by atoms with Crippen LogP contribution in [-0.4, -0.2) is 4.57 Å². The first-order valence-corrected chi connectivity index (χ1v) is 11.7. The van der Waals surface area contributed by atoms with Crippen molar-refractivity contribution in [3.8, 4) is 0 Å². The van der Waals surface area contributed by atoms with E-state index >= 15 is 0 Å². The van der Waals surface area contributed by atoms with E-state index in [-0.39, 0.29) is 11.6 Å². The molecule has 0 fully saturated rings. The van der Waals surface area contributed by atoms with Gasteiger partial charge in [0, 0.05) is 16.1 Å². The number of thiazole rings is 1. The normalized spacial score (nSPS) is 17.7. The minimum absolute atomic E-state index is 0.0292. The number of allylic oxidation sites excluding steroid dienone is 1. The number of aromatic nitrogens is 1. The quantitative estimate of drug-likeness (QED) is 0.411. The van der Waals surface area contributed by atoms with Crippen LogP contribution >= 0.6 is 27.3 Å². The Balaban J connectivity index is 1.65. The summed E-state index contributed by atoms with van der Waals surface area (Å²) < 4.78 is 8.95. The second-order valence-electron chi connectivity index (χ2n) is 7.68. The molecule has 0 saturated heterocycles. The Labute approximate surface area is 190 Å². The van der Waals surface area contributed by atoms with Gasteiger partial charge in [-0.1, -0.05) is 63.7 Å². The molecular weight excluding hydrogens is 472 g/mol. The standard InChI is InChI=1S/C25H17BrN2O2S/c26-17-10-7-16(8-11-17)23-20-12-9-15-4-1-2-6-19(15)22(20)27-25-28(23)24(29)21(31-25)14-18-5-3-13-30-18/h1-8,10-11,13-14,23H,9,12H2/b21-14-/t23-/m1/s1. The number of benzene rings is 2. The number of furan rings is 1. The van der Waals surface area contributed by atoms with E-state index in [1.165, 1.54) is 28.0 Å². The molecule has 4 nitrogen and oxygen atoms in total. The van der Waals surface area contributed by atoms with Crippen LogP contribution in [-0.2, 0) is 6.42 Å². The molecule has 0 N–H and O–H groups in total. The van der Waals surface area contributed by atoms with Gasteiger partial charge in [0.2, 0.25) is 0 Å². The van der Waals surface area contributed by atoms with Crippen LogP contribution in [0.1, 0.15) is 34.9 Å². The number of fused-ring (bicyclic) bond motifs is 3. The van der Waals surface area contributed by atoms with Gasteiger partial charge in [-0.3, -0.25) is 9.36 Å². The largest absolute Gasteiger partial charge is 0.465 e. The molecule has 0 unspecified atom stereocenters. The van der Waals surface area contributed by atoms with Crippen molar-refractivity contribution in [3.05, 3.63) is 119 Å². The van der Waals surface area contributed by atoms with E-state index in [2.05, 4.69) is 52.3 Å². The minimum Gasteiger partial charge on any atom is -0.465 e. The Morgan fingerprint density at radius 3 is 2.71 bits per heavy atom. The number of hydrogen-bond donors (Lipinski definition) is 0. The third-order valence-electron chi connectivity index (χ3n) is 5.88. The monoisotopic (exact) mass is 488 g/mol. The van der Waals surface area contributed by atoms with E-state index < -0.39 is 0 Å². The third-order valence-corrected chi connectivity index (χ3v) is 7.39. The molecule has 2 aliphatic rings. The maximum Gasteiger partial charge on any atom is 0.271 e. The predicted octanol–water partition coefficient (Wildman–Crippen LogP) is 4.67. The summed E-state index contributed by atoms with van der Waals surface area (Å²) in [6, 6.07) is 20.2. The second-order valence-corrected chi connectivity index (χ2v) is 9.61. The van der Waals surface area contributed by atoms with Crippen molar-refractivity contribution in [2.24, 2.45) is 4.99 Å². The van der Waals surface area contributed by atoms with E-state index in [1.807, 2.05) is 28.8 Å². The maximum absolute atomic E-state index is 13.5. The van der Waals surface area contributed by atoms with Gasteiger partial charge in [-0.2, -0.15) is 0 Å². The molecule has 1 aliphatic heterocycles. The van der Waals surface area contributed by atoms with Crippen LogP contribution < -0.4 is 14.9 Å². The summed E-state index contributed by atoms with van der Waals surface area (Å²) in [5.41, 5.74) is 5.77. The van der Waals surface area contributed by atoms with Gasteiger partial charge in [-0.15, -0.1) is 0 Å². The van der Waals surface area contributed by atoms with Gasteiger partial charge in [-0.05, 0) is 53.8 Å². The molecule has 0 saturated carbocycles. The van der Waals surface area contributed by atoms with Crippen molar-refractivity contribution in [3.63, 3.8) is 0 Å². The zero-order valence-electron chi connectivity index (χ0n) is 16.4. The Bertz CT molecular complexity index is 1510. The highest BCUT2D eigenvalue weighted by atomic mass is 79.9. The van der Waals surface area contributed by atoms with Crippen molar-refractivity contribution < 1.29 is 4.42 Å². The highest BCUT2D eigenvalue weighted by Crippen LogP contribution is 2.41. The van der Waals surface area contributed by atoms with E-state index in [9.17, 15) is 4.79 Å². The lowest BCUT2D eigenvalue weighted by Crippen LogP contribution is -2.38. The fraction of sp³-hybridized carbons (Fsp3) is 0.120. The summed E-state index contributed by atoms with van der Waals surface area (Å²) >= 11 is 4.95. The number of aryl methyl sites for hydroxylation is 1. The first kappa shape index (κ1) is 18.8. The lowest BCUT2D eigenvalue weighted by molar-refractivity contribution is 0.556. The number of hydrogen-bond acceptors (Lipinski definition) is 4. The van der Waals surface area contributed by atoms with Gasteiger partial charge in [0.15, 0.2) is 4.80 Å². The number of nitrogens with zero attached hydrogens (tertiary/aromatic N) is 2. The van der Waals surface area contributed by atoms with Crippen LogP contribution in [0.15, 0.2) is 91.2 Å². The highest BCUT2D eigenvalue weighted by molar-refractivity contribution is 9.10. The van der Waals surface area contributed by atoms with Gasteiger partial charge < -0.3 is 4.42 Å². The first-order chi connectivity index (χ1) is 15.2. The van der Waals surface area contributed by atoms with Gasteiger partial charge in [0.1, 0.15) is 5.76 Å². The summed E-state index contributed by atoms with van der Waals surface area (Å²) in [7, 11) is 0. The molecule has 31 heavy (non-hydrogen) atoms. The third kappa shape index (κ3) is 3.09. The van der Waals surface area contributed by atoms with E-state index in [0.717, 1.165) is 33.4 Å². The van der Waals surface area contributed by atoms with Crippen LogP contribution in [0.4, 0.5) is 0 Å². The van der Waals surface area contributed by atoms with Gasteiger partial charge in [0.05, 0.1) is 22.5 Å². The molecule has 4 aromatic rings. The summed E-state index contributed by atoms with van der Waals surface area (Å²) in [6.45, 7) is 0. The lowest BCUT2D eigenvalue weighted by atomic mass is 9.83. The van der Waals surface area contributed by atoms with Crippen LogP contribution in [0, 0.1) is 0 Å². The second kappa shape index (κ2) is 7.32. The molecule has 2 aromatic heterocycles. The van der Waals surface area contributed by atoms with Crippen LogP contribution in [0.3, 0.4) is 0 Å². The Morgan fingerprint density at radius 1 is 1.06 bits per heavy atom. The topological polar surface area (TPSA) is 47.5 Å². The fourth-order valence-corrected chi connectivity index (χ4v) is 5.72. The summed E-state index contributed by atoms with van der Waals surface area (Å²) in [5.74, 6) is 0.666. The van der Waals surface area contributed by atoms with E-state index in [4.69, 9.17) is 9.41 Å². The van der Waals surface area contributed by atoms with Crippen molar-refractivity contribution in [1.29, 1.82) is 0 Å². The van der Waals surface area contributed by atoms with Crippen LogP contribution in [0.25, 0.3) is 11.8 Å². The molecule has 152 valence electrons. The zero-order chi connectivity index (χ0) is 20.9. The maximum atomic E-state index is 13.5. The van der Waals surface area contributed by atoms with Gasteiger partial charge in [0.25, 0.3) is 5.56 Å². The molecule has 1 aliphatic carbocycles. The van der Waals surface area contributed by atoms with Crippen molar-refractivity contribution in [2.75, 3.05) is 0 Å². The van der Waals surface area contributed by atoms with E-state index in [0.29, 0.717) is 10.3 Å². The summed E-state index contributed by atoms with van der Waals surface area (Å²) in [4.78, 5) is 19.3. The predicted molar refractivity (Wildman–Crippen MR) is 126 cm³/mol. The average Bonchev–Trinajstić information content (AvgIpc) is 3.41. The highest BCUT2D eigenvalue weighted by Gasteiger charge is 2.32. The SMILES string of the molecule is O=c1/c(=C/c2ccco2)sc2n1[C@H](c1ccc(Br)cc1)C1=C(N=2)c2ccccc2CC1. The molecule has 6 heteroatoms. The smallest absolute Gasteiger partial charge is 0.271 e. The molecule has 0 spiro atoms. The van der Waals surface area contributed by atoms with Crippen molar-refractivity contribution in [2.45, 2.75) is 18.9 Å². The molecule has 0 bridgehead atoms. The Hall–Kier alpha value is -2.96. The van der Waals surface area contributed by atoms with Crippen molar-refractivity contribution in [1.82, 2.24) is 4.57 Å². The Kier molecular flexibility index (Phi) is 4.44. The average molecular weight is 489 g/mol. The van der Waals surface area contributed by atoms with Crippen LogP contribution in [0.5, 0.6) is 0 Å². The first-order valence-electron chi connectivity index (χ1n) is 10.1. The minimum atomic E-state index is -0.161. The number of rotatable bonds is 2. The molecule has 0 radical (unpaired) electrons. The molecule has 0 amide bonds. The molecule has 3 heterocycles. The summed E-state index contributed by atoms with van der Waals surface area (Å²) in [5, 5.41) is 0. The van der Waals surface area contributed by atoms with Crippen molar-refractivity contribution >= 4 is 39.0 Å². The van der Waals surface area contributed by atoms with Crippen LogP contribution in [0.2, 0.25) is 0 Å². The summed E-state index contributed by atoms with van der Waals surface area (Å²) in [6.07, 6.45) is 5.26. The van der Waals surface area contributed by atoms with Gasteiger partial charge >= 0.3 is 0 Å². The van der Waals surface area contributed by atoms with Gasteiger partial charge in [-0.25, -0.2) is 4.99 Å². The molecular formula is C25H17BrN2O2S. The number of halogens is 1. The zero-order valence-corrected chi connectivity index (χ0v) is 18.8. The molecule has 6 rings (SSSR count). The molecule has 1 atom stereocenters. The Morgan fingerprint density at radius 2 is 1.90 bits per heavy atom. The van der Waals surface area contributed by atoms with E-state index in [1.54, 1.807) is 12.3 Å². The fourth-order valence-electron chi connectivity index (χ4n) is 4.47. The molecule has 2 aromatic carbocycles. The lowest BCUT2D eigenvalue weighted by Gasteiger charge is -2.30.